The molecule has 0 atom stereocenters. The van der Waals surface area contributed by atoms with Gasteiger partial charge in [-0.3, -0.25) is 5.32 Å². The number of hydrogen-bond acceptors (Lipinski definition) is 6. The zero-order chi connectivity index (χ0) is 17.1. The van der Waals surface area contributed by atoms with Gasteiger partial charge in [-0.1, -0.05) is 5.16 Å². The van der Waals surface area contributed by atoms with E-state index >= 15 is 0 Å². The Bertz CT molecular complexity index is 864. The third kappa shape index (κ3) is 3.35. The van der Waals surface area contributed by atoms with Crippen LogP contribution in [-0.2, 0) is 0 Å². The molecule has 7 nitrogen and oxygen atoms in total. The number of amides is 2. The predicted octanol–water partition coefficient (Wildman–Crippen LogP) is 3.90. The number of thiazole rings is 1. The van der Waals surface area contributed by atoms with Crippen molar-refractivity contribution >= 4 is 28.9 Å². The van der Waals surface area contributed by atoms with Crippen molar-refractivity contribution in [1.29, 1.82) is 0 Å². The summed E-state index contributed by atoms with van der Waals surface area (Å²) in [7, 11) is 1.37. The lowest BCUT2D eigenvalue weighted by Crippen LogP contribution is -2.20. The molecule has 2 amide bonds. The van der Waals surface area contributed by atoms with Gasteiger partial charge in [0, 0.05) is 29.3 Å². The number of methoxy groups -OCH3 is 1. The molecule has 0 aliphatic carbocycles. The molecule has 1 aromatic carbocycles. The van der Waals surface area contributed by atoms with E-state index in [2.05, 4.69) is 20.8 Å². The Hall–Kier alpha value is -2.94. The van der Waals surface area contributed by atoms with Crippen LogP contribution in [0.15, 0.2) is 34.3 Å². The van der Waals surface area contributed by atoms with Gasteiger partial charge in [-0.05, 0) is 13.0 Å². The molecule has 0 unspecified atom stereocenters. The number of rotatable bonds is 4. The van der Waals surface area contributed by atoms with E-state index in [1.165, 1.54) is 30.6 Å². The third-order valence-electron chi connectivity index (χ3n) is 3.07. The molecule has 3 aromatic rings. The minimum Gasteiger partial charge on any atom is -0.494 e. The van der Waals surface area contributed by atoms with Gasteiger partial charge in [0.2, 0.25) is 0 Å². The fraction of sp³-hybridized carbons (Fsp3) is 0.133. The Morgan fingerprint density at radius 3 is 2.79 bits per heavy atom. The largest absolute Gasteiger partial charge is 0.494 e. The van der Waals surface area contributed by atoms with Gasteiger partial charge in [-0.2, -0.15) is 0 Å². The normalized spacial score (nSPS) is 10.5. The maximum atomic E-state index is 14.0. The monoisotopic (exact) mass is 348 g/mol. The zero-order valence-corrected chi connectivity index (χ0v) is 13.6. The van der Waals surface area contributed by atoms with Crippen LogP contribution in [0.2, 0.25) is 0 Å². The van der Waals surface area contributed by atoms with Crippen LogP contribution >= 0.6 is 11.3 Å². The van der Waals surface area contributed by atoms with Crippen LogP contribution in [0.1, 0.15) is 5.76 Å². The first-order chi connectivity index (χ1) is 11.6. The summed E-state index contributed by atoms with van der Waals surface area (Å²) in [5.41, 5.74) is 0.815. The van der Waals surface area contributed by atoms with E-state index in [9.17, 15) is 9.18 Å². The quantitative estimate of drug-likeness (QED) is 0.746. The first kappa shape index (κ1) is 15.9. The number of aromatic nitrogens is 2. The van der Waals surface area contributed by atoms with E-state index in [0.29, 0.717) is 16.3 Å². The second kappa shape index (κ2) is 6.67. The Labute approximate surface area is 140 Å². The number of nitrogens with zero attached hydrogens (tertiary/aromatic N) is 2. The number of hydrogen-bond donors (Lipinski definition) is 2. The molecule has 9 heteroatoms. The number of benzene rings is 1. The summed E-state index contributed by atoms with van der Waals surface area (Å²) in [5, 5.41) is 11.2. The van der Waals surface area contributed by atoms with Crippen molar-refractivity contribution in [2.24, 2.45) is 0 Å². The first-order valence-electron chi connectivity index (χ1n) is 6.85. The summed E-state index contributed by atoms with van der Waals surface area (Å²) in [5.74, 6) is 0.294. The Morgan fingerprint density at radius 2 is 2.17 bits per heavy atom. The van der Waals surface area contributed by atoms with Crippen molar-refractivity contribution < 1.29 is 18.4 Å². The summed E-state index contributed by atoms with van der Waals surface area (Å²) >= 11 is 1.36. The fourth-order valence-corrected chi connectivity index (χ4v) is 2.71. The molecular formula is C15H13FN4O3S. The third-order valence-corrected chi connectivity index (χ3v) is 3.88. The summed E-state index contributed by atoms with van der Waals surface area (Å²) in [6.45, 7) is 1.70. The lowest BCUT2D eigenvalue weighted by Gasteiger charge is -2.12. The summed E-state index contributed by atoms with van der Waals surface area (Å²) in [4.78, 5) is 16.3. The van der Waals surface area contributed by atoms with Crippen molar-refractivity contribution in [3.05, 3.63) is 41.4 Å². The van der Waals surface area contributed by atoms with Crippen molar-refractivity contribution in [2.45, 2.75) is 6.92 Å². The highest BCUT2D eigenvalue weighted by atomic mass is 32.1. The number of halogens is 1. The van der Waals surface area contributed by atoms with E-state index in [-0.39, 0.29) is 17.3 Å². The molecular weight excluding hydrogens is 335 g/mol. The highest BCUT2D eigenvalue weighted by molar-refractivity contribution is 7.13. The van der Waals surface area contributed by atoms with Gasteiger partial charge in [0.15, 0.2) is 17.4 Å². The molecule has 2 aromatic heterocycles. The molecule has 2 heterocycles. The number of carbonyl (C=O) groups excluding carboxylic acids is 1. The molecule has 0 spiro atoms. The molecule has 24 heavy (non-hydrogen) atoms. The first-order valence-corrected chi connectivity index (χ1v) is 7.73. The van der Waals surface area contributed by atoms with Gasteiger partial charge in [0.05, 0.1) is 12.8 Å². The van der Waals surface area contributed by atoms with Gasteiger partial charge in [0.1, 0.15) is 10.8 Å². The van der Waals surface area contributed by atoms with Crippen molar-refractivity contribution in [3.8, 4) is 16.3 Å². The van der Waals surface area contributed by atoms with Gasteiger partial charge in [-0.25, -0.2) is 14.2 Å². The van der Waals surface area contributed by atoms with Gasteiger partial charge in [0.25, 0.3) is 0 Å². The standard InChI is InChI=1S/C15H13FN4O3S/c1-8-5-13(20-23-8)19-15(21)18-11-7-10(16)12(22-2)6-9(11)14-17-3-4-24-14/h3-7H,1-2H3,(H2,18,19,20,21). The summed E-state index contributed by atoms with van der Waals surface area (Å²) < 4.78 is 23.9. The van der Waals surface area contributed by atoms with Crippen LogP contribution in [0.4, 0.5) is 20.7 Å². The van der Waals surface area contributed by atoms with E-state index in [0.717, 1.165) is 0 Å². The maximum absolute atomic E-state index is 14.0. The maximum Gasteiger partial charge on any atom is 0.324 e. The van der Waals surface area contributed by atoms with Gasteiger partial charge < -0.3 is 14.6 Å². The van der Waals surface area contributed by atoms with Crippen LogP contribution in [0.25, 0.3) is 10.6 Å². The van der Waals surface area contributed by atoms with E-state index < -0.39 is 11.8 Å². The van der Waals surface area contributed by atoms with Crippen LogP contribution in [-0.4, -0.2) is 23.3 Å². The van der Waals surface area contributed by atoms with E-state index in [4.69, 9.17) is 9.26 Å². The molecule has 0 bridgehead atoms. The SMILES string of the molecule is COc1cc(-c2nccs2)c(NC(=O)Nc2cc(C)on2)cc1F. The average Bonchev–Trinajstić information content (AvgIpc) is 3.19. The van der Waals surface area contributed by atoms with Crippen molar-refractivity contribution in [3.63, 3.8) is 0 Å². The topological polar surface area (TPSA) is 89.3 Å². The molecule has 0 saturated heterocycles. The molecule has 3 rings (SSSR count). The number of carbonyl (C=O) groups is 1. The summed E-state index contributed by atoms with van der Waals surface area (Å²) in [6, 6.07) is 3.66. The predicted molar refractivity (Wildman–Crippen MR) is 87.9 cm³/mol. The minimum atomic E-state index is -0.592. The second-order valence-corrected chi connectivity index (χ2v) is 5.67. The lowest BCUT2D eigenvalue weighted by atomic mass is 10.1. The summed E-state index contributed by atoms with van der Waals surface area (Å²) in [6.07, 6.45) is 1.62. The van der Waals surface area contributed by atoms with Gasteiger partial charge >= 0.3 is 6.03 Å². The molecule has 0 saturated carbocycles. The van der Waals surface area contributed by atoms with E-state index in [1.807, 2.05) is 0 Å². The number of ether oxygens (including phenoxy) is 1. The van der Waals surface area contributed by atoms with Crippen LogP contribution < -0.4 is 15.4 Å². The highest BCUT2D eigenvalue weighted by Gasteiger charge is 2.16. The lowest BCUT2D eigenvalue weighted by molar-refractivity contribution is 0.262. The second-order valence-electron chi connectivity index (χ2n) is 4.77. The fourth-order valence-electron chi connectivity index (χ4n) is 2.04. The van der Waals surface area contributed by atoms with Crippen LogP contribution in [0.5, 0.6) is 5.75 Å². The minimum absolute atomic E-state index is 0.0679. The number of aryl methyl sites for hydroxylation is 1. The Morgan fingerprint density at radius 1 is 1.33 bits per heavy atom. The molecule has 0 aliphatic heterocycles. The Balaban J connectivity index is 1.88. The van der Waals surface area contributed by atoms with Crippen molar-refractivity contribution in [1.82, 2.24) is 10.1 Å². The number of urea groups is 1. The highest BCUT2D eigenvalue weighted by Crippen LogP contribution is 2.35. The zero-order valence-electron chi connectivity index (χ0n) is 12.8. The molecule has 0 radical (unpaired) electrons. The van der Waals surface area contributed by atoms with Crippen LogP contribution in [0, 0.1) is 12.7 Å². The number of anilines is 2. The Kier molecular flexibility index (Phi) is 4.43. The molecule has 124 valence electrons. The van der Waals surface area contributed by atoms with Gasteiger partial charge in [-0.15, -0.1) is 11.3 Å². The molecule has 2 N–H and O–H groups in total. The van der Waals surface area contributed by atoms with E-state index in [1.54, 1.807) is 24.6 Å². The molecule has 0 fully saturated rings. The molecule has 0 aliphatic rings. The van der Waals surface area contributed by atoms with Crippen LogP contribution in [0.3, 0.4) is 0 Å². The smallest absolute Gasteiger partial charge is 0.324 e. The number of nitrogens with one attached hydrogen (secondary N) is 2. The average molecular weight is 348 g/mol. The van der Waals surface area contributed by atoms with Crippen molar-refractivity contribution in [2.75, 3.05) is 17.7 Å².